The van der Waals surface area contributed by atoms with Gasteiger partial charge in [0.05, 0.1) is 36.3 Å². The Morgan fingerprint density at radius 3 is 2.92 bits per heavy atom. The summed E-state index contributed by atoms with van der Waals surface area (Å²) >= 11 is 2.25. The van der Waals surface area contributed by atoms with E-state index in [1.807, 2.05) is 0 Å². The van der Waals surface area contributed by atoms with Gasteiger partial charge in [-0.05, 0) is 11.9 Å². The molecule has 18 heteroatoms. The number of halogens is 1. The van der Waals surface area contributed by atoms with Gasteiger partial charge in [-0.2, -0.15) is 4.83 Å². The average Bonchev–Trinajstić information content (AvgIpc) is 3.54. The van der Waals surface area contributed by atoms with Gasteiger partial charge in [0, 0.05) is 17.4 Å². The standard InChI is InChI=1S/C19H19FN10O5S2/c20-8-35-25-15(28-6-11(22)37-26-28)16(31)24-13-17(32)29-14(19(33)34)9(7-36-18(13)29)5-27-4-2-10(21)30-12(27)1-3-23-30/h1-4,6,13,18,21,26H,5,7-8,22H2,(H2,24,31,33,34)/t13-,18+/m1/s1. The first-order valence-corrected chi connectivity index (χ1v) is 12.4. The first-order chi connectivity index (χ1) is 17.8. The summed E-state index contributed by atoms with van der Waals surface area (Å²) in [7, 11) is 0. The van der Waals surface area contributed by atoms with Gasteiger partial charge in [0.2, 0.25) is 5.82 Å². The van der Waals surface area contributed by atoms with Crippen molar-refractivity contribution in [1.29, 1.82) is 0 Å². The highest BCUT2D eigenvalue weighted by atomic mass is 32.2. The van der Waals surface area contributed by atoms with Crippen LogP contribution in [0.5, 0.6) is 0 Å². The zero-order valence-corrected chi connectivity index (χ0v) is 20.4. The van der Waals surface area contributed by atoms with E-state index in [4.69, 9.17) is 11.5 Å². The lowest BCUT2D eigenvalue weighted by atomic mass is 10.0. The number of aromatic nitrogens is 3. The van der Waals surface area contributed by atoms with E-state index in [9.17, 15) is 23.9 Å². The molecule has 2 aromatic rings. The second-order valence-electron chi connectivity index (χ2n) is 7.82. The minimum atomic E-state index is -1.52. The van der Waals surface area contributed by atoms with Crippen LogP contribution in [0.2, 0.25) is 0 Å². The van der Waals surface area contributed by atoms with E-state index in [1.54, 1.807) is 29.1 Å². The number of nitrogens with zero attached hydrogens (tertiary/aromatic N) is 6. The number of hydrazine groups is 1. The molecule has 0 saturated carbocycles. The quantitative estimate of drug-likeness (QED) is 0.0715. The molecule has 15 nitrogen and oxygen atoms in total. The van der Waals surface area contributed by atoms with Crippen molar-refractivity contribution in [3.63, 3.8) is 0 Å². The first-order valence-electron chi connectivity index (χ1n) is 10.6. The van der Waals surface area contributed by atoms with Crippen LogP contribution in [-0.2, 0) is 25.8 Å². The number of amides is 2. The summed E-state index contributed by atoms with van der Waals surface area (Å²) in [5.41, 5.74) is 12.4. The predicted molar refractivity (Wildman–Crippen MR) is 126 cm³/mol. The SMILES string of the molecule is NC1=CN(C(=NOCF)C(=O)N[C@@H]2C(=O)N3C(C(=O)[O-])=C(C[n+]4ccc(N)n5nccc54)CS[C@@H]23)NS1. The van der Waals surface area contributed by atoms with Crippen molar-refractivity contribution in [2.24, 2.45) is 10.9 Å². The molecule has 0 aliphatic carbocycles. The maximum absolute atomic E-state index is 13.0. The van der Waals surface area contributed by atoms with Crippen molar-refractivity contribution < 1.29 is 33.3 Å². The minimum absolute atomic E-state index is 0.142. The maximum atomic E-state index is 13.0. The van der Waals surface area contributed by atoms with E-state index in [0.29, 0.717) is 22.1 Å². The number of alkyl halides is 1. The molecule has 2 atom stereocenters. The number of oxime groups is 1. The zero-order valence-electron chi connectivity index (χ0n) is 18.7. The first kappa shape index (κ1) is 24.7. The summed E-state index contributed by atoms with van der Waals surface area (Å²) in [6.07, 6.45) is 4.57. The fraction of sp³-hybridized carbons (Fsp3) is 0.263. The number of amidine groups is 1. The molecule has 5 rings (SSSR count). The average molecular weight is 551 g/mol. The maximum Gasteiger partial charge on any atom is 0.310 e. The molecular weight excluding hydrogens is 531 g/mol. The molecule has 3 aliphatic rings. The number of carboxylic acids is 1. The Hall–Kier alpha value is -4.03. The molecule has 3 aliphatic heterocycles. The Bertz CT molecular complexity index is 1390. The minimum Gasteiger partial charge on any atom is -0.543 e. The number of nitrogens with two attached hydrogens (primary N) is 2. The van der Waals surface area contributed by atoms with Crippen LogP contribution in [-0.4, -0.2) is 67.2 Å². The van der Waals surface area contributed by atoms with Crippen LogP contribution >= 0.6 is 23.7 Å². The highest BCUT2D eigenvalue weighted by Crippen LogP contribution is 2.40. The van der Waals surface area contributed by atoms with Crippen LogP contribution in [0.3, 0.4) is 0 Å². The molecule has 37 heavy (non-hydrogen) atoms. The van der Waals surface area contributed by atoms with Gasteiger partial charge in [-0.15, -0.1) is 11.8 Å². The van der Waals surface area contributed by atoms with Crippen LogP contribution in [0.1, 0.15) is 0 Å². The van der Waals surface area contributed by atoms with Crippen LogP contribution in [0, 0.1) is 0 Å². The molecule has 0 unspecified atom stereocenters. The smallest absolute Gasteiger partial charge is 0.310 e. The van der Waals surface area contributed by atoms with Crippen LogP contribution in [0.15, 0.2) is 52.2 Å². The number of β-lactam (4-membered cyclic amide) rings is 1. The van der Waals surface area contributed by atoms with Gasteiger partial charge in [-0.1, -0.05) is 14.8 Å². The Kier molecular flexibility index (Phi) is 6.52. The number of rotatable bonds is 6. The normalized spacial score (nSPS) is 21.6. The van der Waals surface area contributed by atoms with Gasteiger partial charge >= 0.3 is 5.65 Å². The highest BCUT2D eigenvalue weighted by molar-refractivity contribution is 8.01. The van der Waals surface area contributed by atoms with E-state index in [0.717, 1.165) is 21.9 Å². The lowest BCUT2D eigenvalue weighted by Crippen LogP contribution is -2.72. The number of aliphatic carboxylic acids is 1. The second-order valence-corrected chi connectivity index (χ2v) is 9.78. The Balaban J connectivity index is 1.36. The van der Waals surface area contributed by atoms with E-state index >= 15 is 0 Å². The highest BCUT2D eigenvalue weighted by Gasteiger charge is 2.53. The third kappa shape index (κ3) is 4.38. The van der Waals surface area contributed by atoms with Crippen molar-refractivity contribution in [2.45, 2.75) is 18.0 Å². The number of carbonyl (C=O) groups excluding carboxylic acids is 3. The molecule has 2 amide bonds. The van der Waals surface area contributed by atoms with Crippen LogP contribution in [0.25, 0.3) is 5.65 Å². The van der Waals surface area contributed by atoms with Crippen LogP contribution < -0.4 is 31.3 Å². The van der Waals surface area contributed by atoms with Crippen LogP contribution in [0.4, 0.5) is 10.2 Å². The van der Waals surface area contributed by atoms with Gasteiger partial charge in [-0.3, -0.25) is 14.5 Å². The summed E-state index contributed by atoms with van der Waals surface area (Å²) in [5.74, 6) is -2.78. The molecule has 2 aromatic heterocycles. The molecule has 1 fully saturated rings. The summed E-state index contributed by atoms with van der Waals surface area (Å²) in [6, 6.07) is 2.28. The van der Waals surface area contributed by atoms with Gasteiger partial charge in [-0.25, -0.2) is 14.0 Å². The van der Waals surface area contributed by atoms with E-state index in [1.165, 1.54) is 22.5 Å². The van der Waals surface area contributed by atoms with E-state index < -0.39 is 41.9 Å². The number of nitrogen functional groups attached to an aromatic ring is 1. The van der Waals surface area contributed by atoms with Gasteiger partial charge in [0.25, 0.3) is 24.5 Å². The third-order valence-electron chi connectivity index (χ3n) is 5.62. The topological polar surface area (TPSA) is 200 Å². The molecule has 1 saturated heterocycles. The van der Waals surface area contributed by atoms with Crippen molar-refractivity contribution in [2.75, 3.05) is 18.3 Å². The van der Waals surface area contributed by atoms with Gasteiger partial charge < -0.3 is 31.5 Å². The largest absolute Gasteiger partial charge is 0.543 e. The second kappa shape index (κ2) is 9.79. The van der Waals surface area contributed by atoms with Gasteiger partial charge in [0.15, 0.2) is 0 Å². The Morgan fingerprint density at radius 1 is 1.41 bits per heavy atom. The van der Waals surface area contributed by atoms with Crippen molar-refractivity contribution in [1.82, 2.24) is 29.7 Å². The van der Waals surface area contributed by atoms with Crippen molar-refractivity contribution >= 4 is 58.8 Å². The monoisotopic (exact) mass is 550 g/mol. The third-order valence-corrected chi connectivity index (χ3v) is 7.59. The van der Waals surface area contributed by atoms with E-state index in [2.05, 4.69) is 25.2 Å². The molecule has 0 radical (unpaired) electrons. The summed E-state index contributed by atoms with van der Waals surface area (Å²) in [5, 5.41) is 22.9. The zero-order chi connectivity index (χ0) is 26.3. The lowest BCUT2D eigenvalue weighted by molar-refractivity contribution is -0.666. The number of hydrogen-bond acceptors (Lipinski definition) is 12. The fourth-order valence-corrected chi connectivity index (χ4v) is 5.87. The molecule has 5 heterocycles. The number of hydrogen-bond donors (Lipinski definition) is 4. The summed E-state index contributed by atoms with van der Waals surface area (Å²) in [6.45, 7) is -1.14. The molecule has 0 aromatic carbocycles. The number of thioether (sulfide) groups is 1. The Labute approximate surface area is 216 Å². The lowest BCUT2D eigenvalue weighted by Gasteiger charge is -2.50. The molecule has 194 valence electrons. The number of nitrogens with one attached hydrogen (secondary N) is 2. The molecule has 6 N–H and O–H groups in total. The van der Waals surface area contributed by atoms with Gasteiger partial charge in [0.1, 0.15) is 23.0 Å². The van der Waals surface area contributed by atoms with Crippen molar-refractivity contribution in [3.8, 4) is 0 Å². The molecular formula is C19H19FN10O5S2. The Morgan fingerprint density at radius 2 is 2.22 bits per heavy atom. The molecule has 0 bridgehead atoms. The van der Waals surface area contributed by atoms with Crippen molar-refractivity contribution in [3.05, 3.63) is 47.0 Å². The van der Waals surface area contributed by atoms with E-state index in [-0.39, 0.29) is 18.0 Å². The fourth-order valence-electron chi connectivity index (χ4n) is 4.03. The number of fused-ring (bicyclic) bond motifs is 2. The molecule has 0 spiro atoms. The summed E-state index contributed by atoms with van der Waals surface area (Å²) in [4.78, 5) is 46.1. The summed E-state index contributed by atoms with van der Waals surface area (Å²) < 4.78 is 15.8. The number of anilines is 1. The predicted octanol–water partition coefficient (Wildman–Crippen LogP) is -2.91. The number of carbonyl (C=O) groups is 3. The number of carboxylic acid groups (broad SMARTS) is 1.